The number of aromatic nitrogens is 3. The molecule has 29 heavy (non-hydrogen) atoms. The van der Waals surface area contributed by atoms with E-state index in [4.69, 9.17) is 4.74 Å². The number of methoxy groups -OCH3 is 1. The third-order valence-corrected chi connectivity index (χ3v) is 6.40. The van der Waals surface area contributed by atoms with Gasteiger partial charge in [-0.2, -0.15) is 5.10 Å². The van der Waals surface area contributed by atoms with E-state index in [9.17, 15) is 4.79 Å². The molecule has 1 N–H and O–H groups in total. The molecule has 146 valence electrons. The van der Waals surface area contributed by atoms with Crippen molar-refractivity contribution in [1.82, 2.24) is 20.1 Å². The van der Waals surface area contributed by atoms with Crippen LogP contribution < -0.4 is 4.74 Å². The molecular formula is C22H20N4O2S. The molecule has 4 heterocycles. The SMILES string of the molecule is COc1ccccc1-c1[nH]nc2ncc(-c3ccc(C(=O)N4CCCC4)s3)cc12. The van der Waals surface area contributed by atoms with Gasteiger partial charge in [0.2, 0.25) is 0 Å². The fourth-order valence-electron chi connectivity index (χ4n) is 3.77. The van der Waals surface area contributed by atoms with Crippen molar-refractivity contribution in [3.05, 3.63) is 53.5 Å². The number of nitrogens with one attached hydrogen (secondary N) is 1. The van der Waals surface area contributed by atoms with Crippen molar-refractivity contribution in [3.63, 3.8) is 0 Å². The van der Waals surface area contributed by atoms with Crippen LogP contribution >= 0.6 is 11.3 Å². The molecule has 4 aromatic rings. The van der Waals surface area contributed by atoms with E-state index in [2.05, 4.69) is 21.2 Å². The summed E-state index contributed by atoms with van der Waals surface area (Å²) < 4.78 is 5.50. The third-order valence-electron chi connectivity index (χ3n) is 5.28. The van der Waals surface area contributed by atoms with Gasteiger partial charge >= 0.3 is 0 Å². The zero-order valence-electron chi connectivity index (χ0n) is 16.0. The number of carbonyl (C=O) groups is 1. The number of ether oxygens (including phenoxy) is 1. The van der Waals surface area contributed by atoms with Gasteiger partial charge in [-0.1, -0.05) is 12.1 Å². The maximum atomic E-state index is 12.7. The molecule has 0 aliphatic carbocycles. The van der Waals surface area contributed by atoms with E-state index in [1.54, 1.807) is 7.11 Å². The second-order valence-corrected chi connectivity index (χ2v) is 8.14. The van der Waals surface area contributed by atoms with E-state index in [-0.39, 0.29) is 5.91 Å². The number of hydrogen-bond acceptors (Lipinski definition) is 5. The molecule has 7 heteroatoms. The third kappa shape index (κ3) is 3.17. The number of rotatable bonds is 4. The van der Waals surface area contributed by atoms with Gasteiger partial charge in [0.15, 0.2) is 5.65 Å². The zero-order valence-corrected chi connectivity index (χ0v) is 16.8. The van der Waals surface area contributed by atoms with Crippen molar-refractivity contribution in [1.29, 1.82) is 0 Å². The monoisotopic (exact) mass is 404 g/mol. The second-order valence-electron chi connectivity index (χ2n) is 7.06. The summed E-state index contributed by atoms with van der Waals surface area (Å²) in [6, 6.07) is 13.8. The van der Waals surface area contributed by atoms with E-state index < -0.39 is 0 Å². The topological polar surface area (TPSA) is 71.1 Å². The summed E-state index contributed by atoms with van der Waals surface area (Å²) in [4.78, 5) is 20.9. The maximum absolute atomic E-state index is 12.7. The number of hydrogen-bond donors (Lipinski definition) is 1. The van der Waals surface area contributed by atoms with Crippen molar-refractivity contribution in [2.75, 3.05) is 20.2 Å². The van der Waals surface area contributed by atoms with Crippen LogP contribution in [0.15, 0.2) is 48.7 Å². The number of aromatic amines is 1. The highest BCUT2D eigenvalue weighted by molar-refractivity contribution is 7.17. The van der Waals surface area contributed by atoms with Gasteiger partial charge in [0.25, 0.3) is 5.91 Å². The first-order valence-electron chi connectivity index (χ1n) is 9.61. The van der Waals surface area contributed by atoms with Crippen LogP contribution in [0.25, 0.3) is 32.7 Å². The largest absolute Gasteiger partial charge is 0.496 e. The Kier molecular flexibility index (Phi) is 4.52. The molecular weight excluding hydrogens is 384 g/mol. The van der Waals surface area contributed by atoms with Crippen LogP contribution in [-0.4, -0.2) is 46.2 Å². The van der Waals surface area contributed by atoms with E-state index in [0.717, 1.165) is 63.6 Å². The number of likely N-dealkylation sites (tertiary alicyclic amines) is 1. The molecule has 3 aromatic heterocycles. The first-order valence-corrected chi connectivity index (χ1v) is 10.4. The van der Waals surface area contributed by atoms with Crippen LogP contribution in [0.3, 0.4) is 0 Å². The molecule has 1 aliphatic rings. The van der Waals surface area contributed by atoms with Gasteiger partial charge in [-0.3, -0.25) is 9.89 Å². The van der Waals surface area contributed by atoms with Crippen molar-refractivity contribution < 1.29 is 9.53 Å². The molecule has 6 nitrogen and oxygen atoms in total. The van der Waals surface area contributed by atoms with Crippen molar-refractivity contribution in [2.45, 2.75) is 12.8 Å². The lowest BCUT2D eigenvalue weighted by Crippen LogP contribution is -2.26. The predicted octanol–water partition coefficient (Wildman–Crippen LogP) is 4.60. The number of thiophene rings is 1. The standard InChI is InChI=1S/C22H20N4O2S/c1-28-17-7-3-2-6-15(17)20-16-12-14(13-23-21(16)25-24-20)18-8-9-19(29-18)22(27)26-10-4-5-11-26/h2-3,6-9,12-13H,4-5,10-11H2,1H3,(H,23,24,25). The number of fused-ring (bicyclic) bond motifs is 1. The normalized spacial score (nSPS) is 13.9. The first-order chi connectivity index (χ1) is 14.2. The number of amides is 1. The summed E-state index contributed by atoms with van der Waals surface area (Å²) in [5, 5.41) is 8.36. The minimum Gasteiger partial charge on any atom is -0.496 e. The smallest absolute Gasteiger partial charge is 0.263 e. The van der Waals surface area contributed by atoms with E-state index >= 15 is 0 Å². The van der Waals surface area contributed by atoms with Gasteiger partial charge in [0, 0.05) is 40.7 Å². The van der Waals surface area contributed by atoms with Gasteiger partial charge in [-0.25, -0.2) is 4.98 Å². The van der Waals surface area contributed by atoms with Gasteiger partial charge in [-0.05, 0) is 43.2 Å². The molecule has 1 aromatic carbocycles. The lowest BCUT2D eigenvalue weighted by molar-refractivity contribution is 0.0797. The zero-order chi connectivity index (χ0) is 19.8. The van der Waals surface area contributed by atoms with E-state index in [1.165, 1.54) is 11.3 Å². The fourth-order valence-corrected chi connectivity index (χ4v) is 4.73. The molecule has 1 amide bonds. The summed E-state index contributed by atoms with van der Waals surface area (Å²) >= 11 is 1.51. The molecule has 1 saturated heterocycles. The summed E-state index contributed by atoms with van der Waals surface area (Å²) in [6.07, 6.45) is 4.00. The Labute approximate surface area is 172 Å². The molecule has 0 bridgehead atoms. The van der Waals surface area contributed by atoms with Gasteiger partial charge < -0.3 is 9.64 Å². The fraction of sp³-hybridized carbons (Fsp3) is 0.227. The number of carbonyl (C=O) groups excluding carboxylic acids is 1. The molecule has 0 atom stereocenters. The number of para-hydroxylation sites is 1. The molecule has 0 unspecified atom stereocenters. The van der Waals surface area contributed by atoms with E-state index in [0.29, 0.717) is 5.65 Å². The molecule has 1 aliphatic heterocycles. The first kappa shape index (κ1) is 17.9. The van der Waals surface area contributed by atoms with Crippen LogP contribution in [0, 0.1) is 0 Å². The van der Waals surface area contributed by atoms with Crippen LogP contribution in [-0.2, 0) is 0 Å². The molecule has 0 saturated carbocycles. The maximum Gasteiger partial charge on any atom is 0.263 e. The number of nitrogens with zero attached hydrogens (tertiary/aromatic N) is 3. The Morgan fingerprint density at radius 2 is 2.00 bits per heavy atom. The Bertz CT molecular complexity index is 1190. The lowest BCUT2D eigenvalue weighted by Gasteiger charge is -2.13. The summed E-state index contributed by atoms with van der Waals surface area (Å²) in [7, 11) is 1.66. The molecule has 5 rings (SSSR count). The highest BCUT2D eigenvalue weighted by Gasteiger charge is 2.21. The van der Waals surface area contributed by atoms with Crippen molar-refractivity contribution in [3.8, 4) is 27.4 Å². The van der Waals surface area contributed by atoms with E-state index in [1.807, 2.05) is 47.5 Å². The van der Waals surface area contributed by atoms with Crippen LogP contribution in [0.4, 0.5) is 0 Å². The number of benzene rings is 1. The minimum absolute atomic E-state index is 0.130. The second kappa shape index (κ2) is 7.33. The van der Waals surface area contributed by atoms with Crippen LogP contribution in [0.2, 0.25) is 0 Å². The quantitative estimate of drug-likeness (QED) is 0.540. The molecule has 0 spiro atoms. The Morgan fingerprint density at radius 3 is 2.83 bits per heavy atom. The Morgan fingerprint density at radius 1 is 1.17 bits per heavy atom. The van der Waals surface area contributed by atoms with Gasteiger partial charge in [0.1, 0.15) is 5.75 Å². The average molecular weight is 404 g/mol. The van der Waals surface area contributed by atoms with Crippen molar-refractivity contribution >= 4 is 28.3 Å². The van der Waals surface area contributed by atoms with Gasteiger partial charge in [0.05, 0.1) is 17.7 Å². The number of H-pyrrole nitrogens is 1. The molecule has 0 radical (unpaired) electrons. The summed E-state index contributed by atoms with van der Waals surface area (Å²) in [5.41, 5.74) is 3.43. The van der Waals surface area contributed by atoms with Crippen LogP contribution in [0.5, 0.6) is 5.75 Å². The lowest BCUT2D eigenvalue weighted by atomic mass is 10.1. The van der Waals surface area contributed by atoms with Crippen molar-refractivity contribution in [2.24, 2.45) is 0 Å². The van der Waals surface area contributed by atoms with Gasteiger partial charge in [-0.15, -0.1) is 11.3 Å². The highest BCUT2D eigenvalue weighted by Crippen LogP contribution is 2.36. The Hall–Kier alpha value is -3.19. The van der Waals surface area contributed by atoms with Crippen LogP contribution in [0.1, 0.15) is 22.5 Å². The minimum atomic E-state index is 0.130. The molecule has 1 fully saturated rings. The number of pyridine rings is 1. The summed E-state index contributed by atoms with van der Waals surface area (Å²) in [5.74, 6) is 0.906. The Balaban J connectivity index is 1.53. The predicted molar refractivity (Wildman–Crippen MR) is 114 cm³/mol. The highest BCUT2D eigenvalue weighted by atomic mass is 32.1. The average Bonchev–Trinajstić information content (AvgIpc) is 3.53. The summed E-state index contributed by atoms with van der Waals surface area (Å²) in [6.45, 7) is 1.72.